The van der Waals surface area contributed by atoms with E-state index in [4.69, 9.17) is 4.52 Å². The van der Waals surface area contributed by atoms with E-state index in [2.05, 4.69) is 43.5 Å². The van der Waals surface area contributed by atoms with Crippen molar-refractivity contribution < 1.29 is 9.32 Å². The normalized spacial score (nSPS) is 10.8. The maximum Gasteiger partial charge on any atom is 0.262 e. The Kier molecular flexibility index (Phi) is 5.11. The van der Waals surface area contributed by atoms with Gasteiger partial charge in [0.05, 0.1) is 5.69 Å². The summed E-state index contributed by atoms with van der Waals surface area (Å²) in [4.78, 5) is 17.8. The molecular formula is C17H16BrN3O2S. The minimum absolute atomic E-state index is 0.227. The lowest BCUT2D eigenvalue weighted by Gasteiger charge is -2.01. The average molecular weight is 406 g/mol. The van der Waals surface area contributed by atoms with E-state index in [1.54, 1.807) is 13.1 Å². The fraction of sp³-hybridized carbons (Fsp3) is 0.235. The zero-order valence-electron chi connectivity index (χ0n) is 13.3. The SMILES string of the molecule is CCc1onc(C)c1C(=O)Nc1ncc(Cc2ccc(Br)cc2)s1. The fourth-order valence-corrected chi connectivity index (χ4v) is 3.47. The van der Waals surface area contributed by atoms with Crippen molar-refractivity contribution in [1.29, 1.82) is 0 Å². The van der Waals surface area contributed by atoms with Gasteiger partial charge >= 0.3 is 0 Å². The molecule has 0 atom stereocenters. The molecule has 0 aliphatic rings. The quantitative estimate of drug-likeness (QED) is 0.672. The Hall–Kier alpha value is -1.99. The number of aryl methyl sites for hydroxylation is 2. The lowest BCUT2D eigenvalue weighted by Crippen LogP contribution is -2.13. The van der Waals surface area contributed by atoms with Gasteiger partial charge in [-0.1, -0.05) is 40.1 Å². The highest BCUT2D eigenvalue weighted by Crippen LogP contribution is 2.23. The summed E-state index contributed by atoms with van der Waals surface area (Å²) in [5.41, 5.74) is 2.29. The van der Waals surface area contributed by atoms with Crippen molar-refractivity contribution in [2.45, 2.75) is 26.7 Å². The van der Waals surface area contributed by atoms with E-state index in [0.717, 1.165) is 15.8 Å². The molecule has 2 heterocycles. The summed E-state index contributed by atoms with van der Waals surface area (Å²) in [5.74, 6) is 0.367. The van der Waals surface area contributed by atoms with Gasteiger partial charge in [0.25, 0.3) is 5.91 Å². The second-order valence-electron chi connectivity index (χ2n) is 5.31. The summed E-state index contributed by atoms with van der Waals surface area (Å²) in [5, 5.41) is 7.28. The van der Waals surface area contributed by atoms with Gasteiger partial charge in [-0.05, 0) is 24.6 Å². The van der Waals surface area contributed by atoms with Crippen LogP contribution >= 0.6 is 27.3 Å². The van der Waals surface area contributed by atoms with E-state index in [1.807, 2.05) is 19.1 Å². The molecule has 1 aromatic carbocycles. The Labute approximate surface area is 152 Å². The first-order valence-electron chi connectivity index (χ1n) is 7.52. The third-order valence-corrected chi connectivity index (χ3v) is 4.99. The number of nitrogens with zero attached hydrogens (tertiary/aromatic N) is 2. The average Bonchev–Trinajstić information content (AvgIpc) is 3.15. The number of amides is 1. The van der Waals surface area contributed by atoms with E-state index in [9.17, 15) is 4.79 Å². The fourth-order valence-electron chi connectivity index (χ4n) is 2.36. The molecule has 0 bridgehead atoms. The topological polar surface area (TPSA) is 68.0 Å². The standard InChI is InChI=1S/C17H16BrN3O2S/c1-3-14-15(10(2)21-23-14)16(22)20-17-19-9-13(24-17)8-11-4-6-12(18)7-5-11/h4-7,9H,3,8H2,1-2H3,(H,19,20,22). The molecule has 2 aromatic heterocycles. The largest absolute Gasteiger partial charge is 0.360 e. The molecular weight excluding hydrogens is 390 g/mol. The number of hydrogen-bond acceptors (Lipinski definition) is 5. The van der Waals surface area contributed by atoms with Gasteiger partial charge in [-0.15, -0.1) is 11.3 Å². The van der Waals surface area contributed by atoms with Gasteiger partial charge in [-0.2, -0.15) is 0 Å². The predicted octanol–water partition coefficient (Wildman–Crippen LogP) is 4.61. The van der Waals surface area contributed by atoms with Crippen molar-refractivity contribution in [3.63, 3.8) is 0 Å². The van der Waals surface area contributed by atoms with Gasteiger partial charge in [0.2, 0.25) is 0 Å². The van der Waals surface area contributed by atoms with Crippen LogP contribution in [0.3, 0.4) is 0 Å². The lowest BCUT2D eigenvalue weighted by atomic mass is 10.1. The van der Waals surface area contributed by atoms with Crippen molar-refractivity contribution >= 4 is 38.3 Å². The molecule has 7 heteroatoms. The molecule has 0 aliphatic carbocycles. The summed E-state index contributed by atoms with van der Waals surface area (Å²) in [6, 6.07) is 8.16. The number of halogens is 1. The molecule has 3 rings (SSSR count). The molecule has 3 aromatic rings. The molecule has 0 saturated carbocycles. The number of nitrogens with one attached hydrogen (secondary N) is 1. The highest BCUT2D eigenvalue weighted by atomic mass is 79.9. The Balaban J connectivity index is 1.70. The van der Waals surface area contributed by atoms with E-state index in [0.29, 0.717) is 28.6 Å². The molecule has 0 radical (unpaired) electrons. The summed E-state index contributed by atoms with van der Waals surface area (Å²) < 4.78 is 6.22. The van der Waals surface area contributed by atoms with Crippen LogP contribution in [0.4, 0.5) is 5.13 Å². The highest BCUT2D eigenvalue weighted by molar-refractivity contribution is 9.10. The lowest BCUT2D eigenvalue weighted by molar-refractivity contribution is 0.102. The second-order valence-corrected chi connectivity index (χ2v) is 7.34. The number of anilines is 1. The molecule has 0 spiro atoms. The van der Waals surface area contributed by atoms with Crippen molar-refractivity contribution in [1.82, 2.24) is 10.1 Å². The Morgan fingerprint density at radius 1 is 1.33 bits per heavy atom. The minimum Gasteiger partial charge on any atom is -0.360 e. The summed E-state index contributed by atoms with van der Waals surface area (Å²) >= 11 is 4.90. The predicted molar refractivity (Wildman–Crippen MR) is 97.6 cm³/mol. The molecule has 124 valence electrons. The number of aromatic nitrogens is 2. The summed E-state index contributed by atoms with van der Waals surface area (Å²) in [6.45, 7) is 3.69. The zero-order valence-corrected chi connectivity index (χ0v) is 15.7. The molecule has 0 aliphatic heterocycles. The maximum absolute atomic E-state index is 12.4. The smallest absolute Gasteiger partial charge is 0.262 e. The van der Waals surface area contributed by atoms with E-state index >= 15 is 0 Å². The van der Waals surface area contributed by atoms with Gasteiger partial charge < -0.3 is 4.52 Å². The van der Waals surface area contributed by atoms with Gasteiger partial charge in [0.1, 0.15) is 11.3 Å². The van der Waals surface area contributed by atoms with Gasteiger partial charge in [0, 0.05) is 28.4 Å². The van der Waals surface area contributed by atoms with Crippen LogP contribution in [0.15, 0.2) is 39.5 Å². The van der Waals surface area contributed by atoms with Crippen LogP contribution in [0.1, 0.15) is 39.2 Å². The van der Waals surface area contributed by atoms with Crippen molar-refractivity contribution in [3.8, 4) is 0 Å². The monoisotopic (exact) mass is 405 g/mol. The third-order valence-electron chi connectivity index (χ3n) is 3.55. The third kappa shape index (κ3) is 3.73. The zero-order chi connectivity index (χ0) is 17.1. The van der Waals surface area contributed by atoms with Gasteiger partial charge in [0.15, 0.2) is 5.13 Å². The number of hydrogen-bond donors (Lipinski definition) is 1. The number of carbonyl (C=O) groups excluding carboxylic acids is 1. The van der Waals surface area contributed by atoms with Crippen LogP contribution in [0.2, 0.25) is 0 Å². The Morgan fingerprint density at radius 2 is 2.08 bits per heavy atom. The number of benzene rings is 1. The second kappa shape index (κ2) is 7.27. The van der Waals surface area contributed by atoms with Crippen molar-refractivity contribution in [2.75, 3.05) is 5.32 Å². The van der Waals surface area contributed by atoms with Crippen molar-refractivity contribution in [3.05, 3.63) is 62.4 Å². The minimum atomic E-state index is -0.227. The highest BCUT2D eigenvalue weighted by Gasteiger charge is 2.20. The Bertz CT molecular complexity index is 855. The van der Waals surface area contributed by atoms with Crippen molar-refractivity contribution in [2.24, 2.45) is 0 Å². The van der Waals surface area contributed by atoms with Crippen LogP contribution in [0.5, 0.6) is 0 Å². The van der Waals surface area contributed by atoms with E-state index in [-0.39, 0.29) is 5.91 Å². The van der Waals surface area contributed by atoms with E-state index < -0.39 is 0 Å². The van der Waals surface area contributed by atoms with Crippen LogP contribution in [0, 0.1) is 6.92 Å². The Morgan fingerprint density at radius 3 is 2.79 bits per heavy atom. The molecule has 0 fully saturated rings. The van der Waals surface area contributed by atoms with Crippen LogP contribution in [0.25, 0.3) is 0 Å². The van der Waals surface area contributed by atoms with Crippen LogP contribution in [-0.2, 0) is 12.8 Å². The van der Waals surface area contributed by atoms with Crippen LogP contribution < -0.4 is 5.32 Å². The summed E-state index contributed by atoms with van der Waals surface area (Å²) in [7, 11) is 0. The first-order valence-corrected chi connectivity index (χ1v) is 9.13. The molecule has 24 heavy (non-hydrogen) atoms. The molecule has 1 amide bonds. The number of carbonyl (C=O) groups is 1. The van der Waals surface area contributed by atoms with Crippen LogP contribution in [-0.4, -0.2) is 16.0 Å². The molecule has 0 saturated heterocycles. The van der Waals surface area contributed by atoms with Gasteiger partial charge in [-0.3, -0.25) is 10.1 Å². The molecule has 0 unspecified atom stereocenters. The maximum atomic E-state index is 12.4. The van der Waals surface area contributed by atoms with E-state index in [1.165, 1.54) is 16.9 Å². The molecule has 5 nitrogen and oxygen atoms in total. The number of thiazole rings is 1. The molecule has 1 N–H and O–H groups in total. The number of rotatable bonds is 5. The van der Waals surface area contributed by atoms with Gasteiger partial charge in [-0.25, -0.2) is 4.98 Å². The first-order chi connectivity index (χ1) is 11.6. The summed E-state index contributed by atoms with van der Waals surface area (Å²) in [6.07, 6.45) is 3.20. The first kappa shape index (κ1) is 16.9.